The first-order valence-electron chi connectivity index (χ1n) is 6.31. The molecule has 1 rings (SSSR count). The fraction of sp³-hybridized carbons (Fsp3) is 0.400. The average molecular weight is 265 g/mol. The Balaban J connectivity index is 2.11. The average Bonchev–Trinajstić information content (AvgIpc) is 2.37. The molecule has 1 aromatic rings. The predicted octanol–water partition coefficient (Wildman–Crippen LogP) is 2.47. The Bertz CT molecular complexity index is 415. The van der Waals surface area contributed by atoms with E-state index in [9.17, 15) is 9.18 Å². The SMILES string of the molecule is C=C(C)COCCNC(=O)CCc1ccc(F)cc1. The first-order valence-corrected chi connectivity index (χ1v) is 6.31. The molecule has 0 aliphatic carbocycles. The maximum atomic E-state index is 12.7. The molecule has 0 unspecified atom stereocenters. The van der Waals surface area contributed by atoms with E-state index in [1.54, 1.807) is 12.1 Å². The van der Waals surface area contributed by atoms with Crippen LogP contribution in [-0.4, -0.2) is 25.7 Å². The summed E-state index contributed by atoms with van der Waals surface area (Å²) in [7, 11) is 0. The summed E-state index contributed by atoms with van der Waals surface area (Å²) in [5.74, 6) is -0.286. The van der Waals surface area contributed by atoms with Crippen LogP contribution in [0.15, 0.2) is 36.4 Å². The Morgan fingerprint density at radius 1 is 1.37 bits per heavy atom. The number of benzene rings is 1. The summed E-state index contributed by atoms with van der Waals surface area (Å²) in [5.41, 5.74) is 1.91. The summed E-state index contributed by atoms with van der Waals surface area (Å²) in [6, 6.07) is 6.19. The zero-order valence-corrected chi connectivity index (χ0v) is 11.2. The molecule has 0 radical (unpaired) electrons. The molecule has 0 saturated heterocycles. The third-order valence-electron chi connectivity index (χ3n) is 2.47. The summed E-state index contributed by atoms with van der Waals surface area (Å²) in [4.78, 5) is 11.5. The van der Waals surface area contributed by atoms with Crippen molar-refractivity contribution in [1.29, 1.82) is 0 Å². The molecule has 0 spiro atoms. The number of halogens is 1. The summed E-state index contributed by atoms with van der Waals surface area (Å²) in [6.07, 6.45) is 1.00. The quantitative estimate of drug-likeness (QED) is 0.579. The molecule has 104 valence electrons. The monoisotopic (exact) mass is 265 g/mol. The molecule has 1 amide bonds. The highest BCUT2D eigenvalue weighted by molar-refractivity contribution is 5.76. The van der Waals surface area contributed by atoms with Crippen molar-refractivity contribution >= 4 is 5.91 Å². The maximum Gasteiger partial charge on any atom is 0.220 e. The standard InChI is InChI=1S/C15H20FNO2/c1-12(2)11-19-10-9-17-15(18)8-5-13-3-6-14(16)7-4-13/h3-4,6-7H,1,5,8-11H2,2H3,(H,17,18). The molecule has 0 atom stereocenters. The molecule has 0 aliphatic heterocycles. The molecule has 1 aromatic carbocycles. The van der Waals surface area contributed by atoms with Crippen LogP contribution in [0.5, 0.6) is 0 Å². The topological polar surface area (TPSA) is 38.3 Å². The van der Waals surface area contributed by atoms with E-state index in [4.69, 9.17) is 4.74 Å². The van der Waals surface area contributed by atoms with E-state index in [-0.39, 0.29) is 11.7 Å². The van der Waals surface area contributed by atoms with Crippen LogP contribution in [0.2, 0.25) is 0 Å². The Kier molecular flexibility index (Phi) is 6.82. The number of carbonyl (C=O) groups is 1. The van der Waals surface area contributed by atoms with Gasteiger partial charge < -0.3 is 10.1 Å². The minimum Gasteiger partial charge on any atom is -0.375 e. The molecule has 4 heteroatoms. The Hall–Kier alpha value is -1.68. The number of carbonyl (C=O) groups excluding carboxylic acids is 1. The van der Waals surface area contributed by atoms with Gasteiger partial charge in [0.25, 0.3) is 0 Å². The van der Waals surface area contributed by atoms with Crippen molar-refractivity contribution in [1.82, 2.24) is 5.32 Å². The highest BCUT2D eigenvalue weighted by atomic mass is 19.1. The molecule has 0 aliphatic rings. The maximum absolute atomic E-state index is 12.7. The Morgan fingerprint density at radius 2 is 2.05 bits per heavy atom. The fourth-order valence-electron chi connectivity index (χ4n) is 1.51. The molecular weight excluding hydrogens is 245 g/mol. The summed E-state index contributed by atoms with van der Waals surface area (Å²) < 4.78 is 17.9. The molecule has 3 nitrogen and oxygen atoms in total. The number of nitrogens with one attached hydrogen (secondary N) is 1. The molecule has 0 heterocycles. The van der Waals surface area contributed by atoms with Crippen LogP contribution in [0.4, 0.5) is 4.39 Å². The van der Waals surface area contributed by atoms with Crippen molar-refractivity contribution in [2.45, 2.75) is 19.8 Å². The third kappa shape index (κ3) is 7.36. The first-order chi connectivity index (χ1) is 9.08. The van der Waals surface area contributed by atoms with Crippen molar-refractivity contribution in [3.63, 3.8) is 0 Å². The Labute approximate surface area is 113 Å². The smallest absolute Gasteiger partial charge is 0.220 e. The molecular formula is C15H20FNO2. The van der Waals surface area contributed by atoms with Crippen LogP contribution in [0.1, 0.15) is 18.9 Å². The highest BCUT2D eigenvalue weighted by Crippen LogP contribution is 2.05. The van der Waals surface area contributed by atoms with E-state index in [2.05, 4.69) is 11.9 Å². The number of aryl methyl sites for hydroxylation is 1. The van der Waals surface area contributed by atoms with Gasteiger partial charge in [-0.1, -0.05) is 24.3 Å². The van der Waals surface area contributed by atoms with E-state index >= 15 is 0 Å². The lowest BCUT2D eigenvalue weighted by Gasteiger charge is -2.06. The minimum atomic E-state index is -0.261. The van der Waals surface area contributed by atoms with E-state index in [0.29, 0.717) is 32.6 Å². The van der Waals surface area contributed by atoms with E-state index in [1.165, 1.54) is 12.1 Å². The highest BCUT2D eigenvalue weighted by Gasteiger charge is 2.02. The van der Waals surface area contributed by atoms with Gasteiger partial charge in [-0.15, -0.1) is 0 Å². The van der Waals surface area contributed by atoms with Gasteiger partial charge in [0.15, 0.2) is 0 Å². The summed E-state index contributed by atoms with van der Waals surface area (Å²) in [6.45, 7) is 7.10. The molecule has 0 bridgehead atoms. The van der Waals surface area contributed by atoms with Gasteiger partial charge in [-0.2, -0.15) is 0 Å². The number of hydrogen-bond acceptors (Lipinski definition) is 2. The molecule has 1 N–H and O–H groups in total. The largest absolute Gasteiger partial charge is 0.375 e. The van der Waals surface area contributed by atoms with Crippen LogP contribution in [0.3, 0.4) is 0 Å². The van der Waals surface area contributed by atoms with Crippen LogP contribution in [0.25, 0.3) is 0 Å². The van der Waals surface area contributed by atoms with Crippen molar-refractivity contribution in [3.8, 4) is 0 Å². The van der Waals surface area contributed by atoms with Gasteiger partial charge in [-0.3, -0.25) is 4.79 Å². The summed E-state index contributed by atoms with van der Waals surface area (Å²) >= 11 is 0. The lowest BCUT2D eigenvalue weighted by atomic mass is 10.1. The van der Waals surface area contributed by atoms with Crippen LogP contribution in [-0.2, 0) is 16.0 Å². The van der Waals surface area contributed by atoms with Gasteiger partial charge >= 0.3 is 0 Å². The minimum absolute atomic E-state index is 0.0248. The second-order valence-electron chi connectivity index (χ2n) is 4.49. The van der Waals surface area contributed by atoms with E-state index in [1.807, 2.05) is 6.92 Å². The third-order valence-corrected chi connectivity index (χ3v) is 2.47. The number of rotatable bonds is 8. The molecule has 0 aromatic heterocycles. The number of amides is 1. The zero-order chi connectivity index (χ0) is 14.1. The van der Waals surface area contributed by atoms with Crippen LogP contribution in [0, 0.1) is 5.82 Å². The first kappa shape index (κ1) is 15.4. The normalized spacial score (nSPS) is 10.2. The molecule has 0 fully saturated rings. The lowest BCUT2D eigenvalue weighted by molar-refractivity contribution is -0.121. The zero-order valence-electron chi connectivity index (χ0n) is 11.2. The van der Waals surface area contributed by atoms with Crippen molar-refractivity contribution < 1.29 is 13.9 Å². The van der Waals surface area contributed by atoms with Gasteiger partial charge in [0.1, 0.15) is 5.82 Å². The van der Waals surface area contributed by atoms with Crippen LogP contribution >= 0.6 is 0 Å². The second kappa shape index (κ2) is 8.43. The summed E-state index contributed by atoms with van der Waals surface area (Å²) in [5, 5.41) is 2.77. The van der Waals surface area contributed by atoms with Gasteiger partial charge in [0, 0.05) is 13.0 Å². The molecule has 19 heavy (non-hydrogen) atoms. The lowest BCUT2D eigenvalue weighted by Crippen LogP contribution is -2.27. The van der Waals surface area contributed by atoms with Crippen molar-refractivity contribution in [3.05, 3.63) is 47.8 Å². The Morgan fingerprint density at radius 3 is 2.68 bits per heavy atom. The van der Waals surface area contributed by atoms with E-state index in [0.717, 1.165) is 11.1 Å². The number of ether oxygens (including phenoxy) is 1. The van der Waals surface area contributed by atoms with Crippen molar-refractivity contribution in [2.24, 2.45) is 0 Å². The van der Waals surface area contributed by atoms with Gasteiger partial charge in [0.2, 0.25) is 5.91 Å². The van der Waals surface area contributed by atoms with E-state index < -0.39 is 0 Å². The fourth-order valence-corrected chi connectivity index (χ4v) is 1.51. The van der Waals surface area contributed by atoms with Gasteiger partial charge in [0.05, 0.1) is 13.2 Å². The number of hydrogen-bond donors (Lipinski definition) is 1. The van der Waals surface area contributed by atoms with Gasteiger partial charge in [-0.25, -0.2) is 4.39 Å². The van der Waals surface area contributed by atoms with Crippen LogP contribution < -0.4 is 5.32 Å². The van der Waals surface area contributed by atoms with Crippen molar-refractivity contribution in [2.75, 3.05) is 19.8 Å². The van der Waals surface area contributed by atoms with Gasteiger partial charge in [-0.05, 0) is 31.0 Å². The predicted molar refractivity (Wildman–Crippen MR) is 73.4 cm³/mol. The second-order valence-corrected chi connectivity index (χ2v) is 4.49. The molecule has 0 saturated carbocycles.